The Morgan fingerprint density at radius 3 is 2.56 bits per heavy atom. The molecule has 0 amide bonds. The summed E-state index contributed by atoms with van der Waals surface area (Å²) in [5.41, 5.74) is 1.25. The summed E-state index contributed by atoms with van der Waals surface area (Å²) in [5.74, 6) is 0. The zero-order valence-corrected chi connectivity index (χ0v) is 6.52. The van der Waals surface area contributed by atoms with Crippen molar-refractivity contribution in [2.24, 2.45) is 4.99 Å². The Morgan fingerprint density at radius 1 is 1.44 bits per heavy atom. The second kappa shape index (κ2) is 5.54. The van der Waals surface area contributed by atoms with E-state index in [-0.39, 0.29) is 0 Å². The van der Waals surface area contributed by atoms with Crippen molar-refractivity contribution in [3.8, 4) is 0 Å². The molecule has 0 saturated heterocycles. The minimum absolute atomic E-state index is 1.09. The molecule has 1 nitrogen and oxygen atoms in total. The van der Waals surface area contributed by atoms with Crippen molar-refractivity contribution in [3.05, 3.63) is 11.8 Å². The van der Waals surface area contributed by atoms with Crippen molar-refractivity contribution in [1.82, 2.24) is 0 Å². The molecule has 1 heteroatoms. The topological polar surface area (TPSA) is 12.4 Å². The average Bonchev–Trinajstić information content (AvgIpc) is 1.80. The van der Waals surface area contributed by atoms with Crippen LogP contribution in [0.2, 0.25) is 0 Å². The van der Waals surface area contributed by atoms with E-state index in [1.54, 1.807) is 0 Å². The summed E-state index contributed by atoms with van der Waals surface area (Å²) in [6.07, 6.45) is 6.10. The second-order valence-electron chi connectivity index (χ2n) is 2.33. The van der Waals surface area contributed by atoms with Gasteiger partial charge in [-0.25, -0.2) is 0 Å². The molecule has 0 bridgehead atoms. The highest BCUT2D eigenvalue weighted by atomic mass is 14.7. The highest BCUT2D eigenvalue weighted by Crippen LogP contribution is 1.88. The molecule has 52 valence electrons. The van der Waals surface area contributed by atoms with Gasteiger partial charge in [0.2, 0.25) is 0 Å². The Balaban J connectivity index is 3.35. The molecular formula is C8H15N. The first kappa shape index (κ1) is 8.41. The number of aliphatic imine (C=N–C) groups is 1. The van der Waals surface area contributed by atoms with Gasteiger partial charge >= 0.3 is 0 Å². The van der Waals surface area contributed by atoms with Crippen molar-refractivity contribution in [2.75, 3.05) is 0 Å². The van der Waals surface area contributed by atoms with E-state index in [1.807, 2.05) is 26.3 Å². The summed E-state index contributed by atoms with van der Waals surface area (Å²) in [5, 5.41) is 0. The van der Waals surface area contributed by atoms with E-state index in [9.17, 15) is 0 Å². The van der Waals surface area contributed by atoms with E-state index in [4.69, 9.17) is 0 Å². The molecule has 0 N–H and O–H groups in total. The Kier molecular flexibility index (Phi) is 5.18. The smallest absolute Gasteiger partial charge is 0.0250 e. The van der Waals surface area contributed by atoms with Gasteiger partial charge < -0.3 is 0 Å². The molecule has 0 aliphatic rings. The Labute approximate surface area is 57.5 Å². The first-order chi connectivity index (χ1) is 4.27. The maximum atomic E-state index is 4.07. The summed E-state index contributed by atoms with van der Waals surface area (Å²) < 4.78 is 0. The van der Waals surface area contributed by atoms with Crippen molar-refractivity contribution >= 4 is 6.21 Å². The predicted octanol–water partition coefficient (Wildman–Crippen LogP) is 2.78. The first-order valence-electron chi connectivity index (χ1n) is 3.42. The number of hydrogen-bond acceptors (Lipinski definition) is 1. The van der Waals surface area contributed by atoms with Gasteiger partial charge in [-0.3, -0.25) is 4.99 Å². The molecule has 9 heavy (non-hydrogen) atoms. The maximum absolute atomic E-state index is 4.07. The summed E-state index contributed by atoms with van der Waals surface area (Å²) in [4.78, 5) is 4.07. The first-order valence-corrected chi connectivity index (χ1v) is 3.42. The van der Waals surface area contributed by atoms with Gasteiger partial charge in [0.05, 0.1) is 0 Å². The van der Waals surface area contributed by atoms with Crippen LogP contribution in [0.3, 0.4) is 0 Å². The highest BCUT2D eigenvalue weighted by molar-refractivity contribution is 5.57. The monoisotopic (exact) mass is 125 g/mol. The summed E-state index contributed by atoms with van der Waals surface area (Å²) in [7, 11) is 0. The molecule has 0 fully saturated rings. The number of allylic oxidation sites excluding steroid dienone is 1. The third kappa shape index (κ3) is 7.41. The van der Waals surface area contributed by atoms with Gasteiger partial charge in [0.1, 0.15) is 0 Å². The number of hydrogen-bond donors (Lipinski definition) is 0. The SMILES string of the molecule is CCCC=NC=C(C)C. The molecule has 0 heterocycles. The van der Waals surface area contributed by atoms with Gasteiger partial charge in [0.15, 0.2) is 0 Å². The molecule has 0 radical (unpaired) electrons. The van der Waals surface area contributed by atoms with E-state index < -0.39 is 0 Å². The van der Waals surface area contributed by atoms with E-state index in [0.717, 1.165) is 6.42 Å². The summed E-state index contributed by atoms with van der Waals surface area (Å²) in [6.45, 7) is 6.24. The molecule has 0 rings (SSSR count). The Bertz CT molecular complexity index is 108. The van der Waals surface area contributed by atoms with Crippen LogP contribution in [0.5, 0.6) is 0 Å². The average molecular weight is 125 g/mol. The molecule has 0 aliphatic heterocycles. The number of rotatable bonds is 3. The zero-order valence-electron chi connectivity index (χ0n) is 6.52. The fourth-order valence-electron chi connectivity index (χ4n) is 0.405. The lowest BCUT2D eigenvalue weighted by molar-refractivity contribution is 1.01. The standard InChI is InChI=1S/C8H15N/c1-4-5-6-9-7-8(2)3/h6-7H,4-5H2,1-3H3. The minimum Gasteiger partial charge on any atom is -0.269 e. The largest absolute Gasteiger partial charge is 0.269 e. The Hall–Kier alpha value is -0.590. The van der Waals surface area contributed by atoms with Gasteiger partial charge in [-0.2, -0.15) is 0 Å². The van der Waals surface area contributed by atoms with E-state index in [2.05, 4.69) is 11.9 Å². The molecule has 0 aromatic carbocycles. The van der Waals surface area contributed by atoms with Crippen molar-refractivity contribution in [3.63, 3.8) is 0 Å². The highest BCUT2D eigenvalue weighted by Gasteiger charge is 1.72. The van der Waals surface area contributed by atoms with Crippen molar-refractivity contribution in [1.29, 1.82) is 0 Å². The van der Waals surface area contributed by atoms with Gasteiger partial charge in [-0.05, 0) is 20.3 Å². The summed E-state index contributed by atoms with van der Waals surface area (Å²) in [6, 6.07) is 0. The van der Waals surface area contributed by atoms with Crippen LogP contribution in [-0.4, -0.2) is 6.21 Å². The van der Waals surface area contributed by atoms with Crippen LogP contribution >= 0.6 is 0 Å². The van der Waals surface area contributed by atoms with Gasteiger partial charge in [0, 0.05) is 12.4 Å². The minimum atomic E-state index is 1.09. The van der Waals surface area contributed by atoms with Gasteiger partial charge in [-0.15, -0.1) is 0 Å². The molecule has 0 aliphatic carbocycles. The normalized spacial score (nSPS) is 10.1. The van der Waals surface area contributed by atoms with Crippen LogP contribution < -0.4 is 0 Å². The fraction of sp³-hybridized carbons (Fsp3) is 0.625. The molecule has 0 spiro atoms. The summed E-state index contributed by atoms with van der Waals surface area (Å²) >= 11 is 0. The van der Waals surface area contributed by atoms with Crippen LogP contribution in [0.4, 0.5) is 0 Å². The number of nitrogens with zero attached hydrogens (tertiary/aromatic N) is 1. The molecule has 0 aromatic heterocycles. The quantitative estimate of drug-likeness (QED) is 0.514. The second-order valence-corrected chi connectivity index (χ2v) is 2.33. The van der Waals surface area contributed by atoms with Crippen LogP contribution in [0.1, 0.15) is 33.6 Å². The fourth-order valence-corrected chi connectivity index (χ4v) is 0.405. The van der Waals surface area contributed by atoms with Crippen LogP contribution in [0.15, 0.2) is 16.8 Å². The Morgan fingerprint density at radius 2 is 2.11 bits per heavy atom. The maximum Gasteiger partial charge on any atom is 0.0250 e. The van der Waals surface area contributed by atoms with Crippen LogP contribution in [0, 0.1) is 0 Å². The zero-order chi connectivity index (χ0) is 7.11. The van der Waals surface area contributed by atoms with E-state index in [0.29, 0.717) is 0 Å². The lowest BCUT2D eigenvalue weighted by atomic mass is 10.4. The van der Waals surface area contributed by atoms with Crippen LogP contribution in [-0.2, 0) is 0 Å². The van der Waals surface area contributed by atoms with E-state index in [1.165, 1.54) is 12.0 Å². The predicted molar refractivity (Wildman–Crippen MR) is 42.8 cm³/mol. The van der Waals surface area contributed by atoms with Gasteiger partial charge in [0.25, 0.3) is 0 Å². The molecule has 0 aromatic rings. The molecular weight excluding hydrogens is 110 g/mol. The third-order valence-corrected chi connectivity index (χ3v) is 0.856. The number of unbranched alkanes of at least 4 members (excludes halogenated alkanes) is 1. The van der Waals surface area contributed by atoms with Gasteiger partial charge in [-0.1, -0.05) is 18.9 Å². The van der Waals surface area contributed by atoms with Crippen molar-refractivity contribution in [2.45, 2.75) is 33.6 Å². The van der Waals surface area contributed by atoms with Crippen LogP contribution in [0.25, 0.3) is 0 Å². The lowest BCUT2D eigenvalue weighted by Crippen LogP contribution is -1.69. The third-order valence-electron chi connectivity index (χ3n) is 0.856. The van der Waals surface area contributed by atoms with Crippen molar-refractivity contribution < 1.29 is 0 Å². The molecule has 0 atom stereocenters. The van der Waals surface area contributed by atoms with E-state index >= 15 is 0 Å². The molecule has 0 unspecified atom stereocenters. The lowest BCUT2D eigenvalue weighted by Gasteiger charge is -1.82. The molecule has 0 saturated carbocycles.